The highest BCUT2D eigenvalue weighted by Gasteiger charge is 2.45. The van der Waals surface area contributed by atoms with Gasteiger partial charge in [-0.15, -0.1) is 11.3 Å². The lowest BCUT2D eigenvalue weighted by Crippen LogP contribution is -2.41. The van der Waals surface area contributed by atoms with E-state index >= 15 is 0 Å². The first-order valence-corrected chi connectivity index (χ1v) is 14.2. The Balaban J connectivity index is 1.72. The maximum atomic E-state index is 14.7. The van der Waals surface area contributed by atoms with Crippen molar-refractivity contribution in [3.8, 4) is 0 Å². The third-order valence-electron chi connectivity index (χ3n) is 6.96. The molecule has 0 amide bonds. The first-order chi connectivity index (χ1) is 19.0. The second kappa shape index (κ2) is 12.7. The van der Waals surface area contributed by atoms with Crippen molar-refractivity contribution >= 4 is 40.7 Å². The molecule has 0 spiro atoms. The molecule has 1 fully saturated rings. The summed E-state index contributed by atoms with van der Waals surface area (Å²) in [7, 11) is 0. The van der Waals surface area contributed by atoms with Crippen molar-refractivity contribution in [1.82, 2.24) is 15.2 Å². The molecule has 1 aromatic heterocycles. The van der Waals surface area contributed by atoms with E-state index in [0.717, 1.165) is 6.07 Å². The predicted molar refractivity (Wildman–Crippen MR) is 145 cm³/mol. The van der Waals surface area contributed by atoms with E-state index in [2.05, 4.69) is 10.3 Å². The fourth-order valence-corrected chi connectivity index (χ4v) is 5.85. The first kappa shape index (κ1) is 30.0. The Morgan fingerprint density at radius 2 is 2.15 bits per heavy atom. The van der Waals surface area contributed by atoms with Gasteiger partial charge in [0.15, 0.2) is 10.8 Å². The predicted octanol–water partition coefficient (Wildman–Crippen LogP) is 5.44. The summed E-state index contributed by atoms with van der Waals surface area (Å²) in [5.74, 6) is -5.39. The van der Waals surface area contributed by atoms with Crippen LogP contribution in [0.5, 0.6) is 0 Å². The zero-order chi connectivity index (χ0) is 29.0. The molecule has 40 heavy (non-hydrogen) atoms. The number of likely N-dealkylation sites (tertiary alicyclic amines) is 1. The number of rotatable bonds is 11. The molecule has 2 aliphatic heterocycles. The van der Waals surface area contributed by atoms with E-state index in [-0.39, 0.29) is 30.2 Å². The van der Waals surface area contributed by atoms with Crippen molar-refractivity contribution in [2.24, 2.45) is 10.9 Å². The summed E-state index contributed by atoms with van der Waals surface area (Å²) in [5, 5.41) is 14.6. The minimum atomic E-state index is -2.95. The molecule has 3 heterocycles. The molecule has 2 aromatic rings. The van der Waals surface area contributed by atoms with Crippen LogP contribution in [0, 0.1) is 11.7 Å². The van der Waals surface area contributed by atoms with Crippen molar-refractivity contribution in [2.75, 3.05) is 19.7 Å². The van der Waals surface area contributed by atoms with Crippen molar-refractivity contribution in [3.63, 3.8) is 0 Å². The number of hydrogen-bond acceptors (Lipinski definition) is 8. The van der Waals surface area contributed by atoms with Crippen LogP contribution < -0.4 is 5.32 Å². The highest BCUT2D eigenvalue weighted by Crippen LogP contribution is 2.39. The average molecular weight is 599 g/mol. The molecule has 13 heteroatoms. The summed E-state index contributed by atoms with van der Waals surface area (Å²) in [5.41, 5.74) is 0.750. The number of hydrogen-bond donors (Lipinski definition) is 2. The first-order valence-electron chi connectivity index (χ1n) is 12.9. The van der Waals surface area contributed by atoms with E-state index in [1.54, 1.807) is 30.3 Å². The van der Waals surface area contributed by atoms with Crippen molar-refractivity contribution in [1.29, 1.82) is 0 Å². The zero-order valence-electron chi connectivity index (χ0n) is 22.0. The molecular weight excluding hydrogens is 569 g/mol. The molecule has 3 atom stereocenters. The number of alkyl halides is 2. The summed E-state index contributed by atoms with van der Waals surface area (Å²) in [6.45, 7) is 2.72. The van der Waals surface area contributed by atoms with Crippen LogP contribution in [0.3, 0.4) is 0 Å². The molecular formula is C27H30ClF3N4O4S. The quantitative estimate of drug-likeness (QED) is 0.332. The van der Waals surface area contributed by atoms with Crippen LogP contribution in [0.4, 0.5) is 13.2 Å². The van der Waals surface area contributed by atoms with Gasteiger partial charge in [0.1, 0.15) is 11.9 Å². The summed E-state index contributed by atoms with van der Waals surface area (Å²) < 4.78 is 48.6. The van der Waals surface area contributed by atoms with Gasteiger partial charge in [0.05, 0.1) is 24.6 Å². The van der Waals surface area contributed by atoms with Gasteiger partial charge in [0, 0.05) is 46.9 Å². The number of thiazole rings is 1. The molecule has 2 N–H and O–H groups in total. The van der Waals surface area contributed by atoms with Crippen LogP contribution in [0.1, 0.15) is 56.1 Å². The molecule has 1 aromatic carbocycles. The molecule has 1 unspecified atom stereocenters. The lowest BCUT2D eigenvalue weighted by atomic mass is 9.95. The van der Waals surface area contributed by atoms with Crippen LogP contribution in [-0.4, -0.2) is 64.4 Å². The Hall–Kier alpha value is -2.96. The number of esters is 1. The number of benzene rings is 1. The number of nitrogens with one attached hydrogen (secondary N) is 1. The van der Waals surface area contributed by atoms with E-state index in [4.69, 9.17) is 21.3 Å². The summed E-state index contributed by atoms with van der Waals surface area (Å²) in [6, 6.07) is 2.22. The van der Waals surface area contributed by atoms with Gasteiger partial charge in [-0.2, -0.15) is 0 Å². The van der Waals surface area contributed by atoms with E-state index in [9.17, 15) is 27.9 Å². The third-order valence-corrected chi connectivity index (χ3v) is 8.06. The SMILES string of the molecule is CCOC(=O)C1=C(CN2CC(F)(F)C[C@H]2CCCC(C)C(=O)O)NC(c2nccs2)=N[C@H]1c1ccc(F)cc1Cl. The minimum absolute atomic E-state index is 0.0495. The topological polar surface area (TPSA) is 104 Å². The number of aliphatic imine (C=N–C) groups is 1. The summed E-state index contributed by atoms with van der Waals surface area (Å²) >= 11 is 7.69. The number of carboxylic acid groups (broad SMARTS) is 1. The average Bonchev–Trinajstić information content (AvgIpc) is 3.51. The largest absolute Gasteiger partial charge is 0.481 e. The number of aliphatic carboxylic acids is 1. The van der Waals surface area contributed by atoms with Crippen LogP contribution in [0.25, 0.3) is 0 Å². The highest BCUT2D eigenvalue weighted by atomic mass is 35.5. The fraction of sp³-hybridized carbons (Fsp3) is 0.481. The number of amidine groups is 1. The van der Waals surface area contributed by atoms with Crippen LogP contribution >= 0.6 is 22.9 Å². The highest BCUT2D eigenvalue weighted by molar-refractivity contribution is 7.11. The Labute approximate surface area is 238 Å². The number of aromatic nitrogens is 1. The van der Waals surface area contributed by atoms with Crippen molar-refractivity contribution < 1.29 is 32.6 Å². The molecule has 0 saturated carbocycles. The second-order valence-corrected chi connectivity index (χ2v) is 11.2. The number of halogens is 4. The molecule has 4 rings (SSSR count). The van der Waals surface area contributed by atoms with E-state index in [1.807, 2.05) is 0 Å². The standard InChI is InChI=1S/C27H30ClF3N4O4S/c1-3-39-26(38)21-20(13-35-14-27(30,31)12-17(35)6-4-5-15(2)25(36)37)33-23(24-32-9-10-40-24)34-22(21)18-8-7-16(29)11-19(18)28/h7-11,15,17,22H,3-6,12-14H2,1-2H3,(H,33,34)(H,36,37)/t15?,17-,22+/m1/s1. The van der Waals surface area contributed by atoms with Gasteiger partial charge < -0.3 is 15.2 Å². The number of carbonyl (C=O) groups is 2. The third kappa shape index (κ3) is 7.02. The van der Waals surface area contributed by atoms with E-state index in [0.29, 0.717) is 41.4 Å². The Morgan fingerprint density at radius 3 is 2.80 bits per heavy atom. The normalized spacial score (nSPS) is 21.6. The van der Waals surface area contributed by atoms with Crippen LogP contribution in [-0.2, 0) is 14.3 Å². The summed E-state index contributed by atoms with van der Waals surface area (Å²) in [4.78, 5) is 35.1. The fourth-order valence-electron chi connectivity index (χ4n) is 4.99. The van der Waals surface area contributed by atoms with E-state index in [1.165, 1.54) is 23.5 Å². The maximum Gasteiger partial charge on any atom is 0.338 e. The van der Waals surface area contributed by atoms with Crippen LogP contribution in [0.2, 0.25) is 5.02 Å². The van der Waals surface area contributed by atoms with Gasteiger partial charge in [-0.05, 0) is 31.9 Å². The molecule has 0 radical (unpaired) electrons. The van der Waals surface area contributed by atoms with Crippen LogP contribution in [0.15, 0.2) is 46.0 Å². The van der Waals surface area contributed by atoms with Gasteiger partial charge in [-0.1, -0.05) is 31.0 Å². The number of ether oxygens (including phenoxy) is 1. The van der Waals surface area contributed by atoms with Gasteiger partial charge in [-0.3, -0.25) is 14.7 Å². The number of carboxylic acids is 1. The van der Waals surface area contributed by atoms with Crippen molar-refractivity contribution in [2.45, 2.75) is 57.5 Å². The Morgan fingerprint density at radius 1 is 1.38 bits per heavy atom. The molecule has 2 aliphatic rings. The van der Waals surface area contributed by atoms with Gasteiger partial charge in [-0.25, -0.2) is 22.9 Å². The number of nitrogens with zero attached hydrogens (tertiary/aromatic N) is 3. The smallest absolute Gasteiger partial charge is 0.338 e. The molecule has 0 aliphatic carbocycles. The molecule has 1 saturated heterocycles. The summed E-state index contributed by atoms with van der Waals surface area (Å²) in [6.07, 6.45) is 2.41. The van der Waals surface area contributed by atoms with Gasteiger partial charge >= 0.3 is 11.9 Å². The lowest BCUT2D eigenvalue weighted by Gasteiger charge is -2.31. The molecule has 8 nitrogen and oxygen atoms in total. The number of carbonyl (C=O) groups excluding carboxylic acids is 1. The minimum Gasteiger partial charge on any atom is -0.481 e. The van der Waals surface area contributed by atoms with Gasteiger partial charge in [0.2, 0.25) is 0 Å². The van der Waals surface area contributed by atoms with E-state index < -0.39 is 48.2 Å². The monoisotopic (exact) mass is 598 g/mol. The Kier molecular flexibility index (Phi) is 9.52. The van der Waals surface area contributed by atoms with Crippen molar-refractivity contribution in [3.05, 3.63) is 62.5 Å². The molecule has 0 bridgehead atoms. The lowest BCUT2D eigenvalue weighted by molar-refractivity contribution is -0.141. The maximum absolute atomic E-state index is 14.7. The van der Waals surface area contributed by atoms with Gasteiger partial charge in [0.25, 0.3) is 5.92 Å². The Bertz CT molecular complexity index is 1300. The second-order valence-electron chi connectivity index (χ2n) is 9.91. The zero-order valence-corrected chi connectivity index (χ0v) is 23.6. The molecule has 216 valence electrons.